The maximum atomic E-state index is 13.2. The summed E-state index contributed by atoms with van der Waals surface area (Å²) in [6, 6.07) is 10.6. The molecule has 2 aromatic rings. The second-order valence-corrected chi connectivity index (χ2v) is 5.38. The Morgan fingerprint density at radius 1 is 1.22 bits per heavy atom. The summed E-state index contributed by atoms with van der Waals surface area (Å²) in [6.45, 7) is 2.47. The molecule has 0 saturated heterocycles. The Morgan fingerprint density at radius 2 is 2.00 bits per heavy atom. The second kappa shape index (κ2) is 5.72. The van der Waals surface area contributed by atoms with Gasteiger partial charge >= 0.3 is 0 Å². The molecule has 1 N–H and O–H groups in total. The maximum absolute atomic E-state index is 13.2. The third-order valence-electron chi connectivity index (χ3n) is 2.52. The van der Waals surface area contributed by atoms with E-state index < -0.39 is 0 Å². The average molecular weight is 329 g/mol. The van der Waals surface area contributed by atoms with Crippen LogP contribution in [0.3, 0.4) is 0 Å². The summed E-state index contributed by atoms with van der Waals surface area (Å²) in [6.07, 6.45) is 0. The predicted molar refractivity (Wildman–Crippen MR) is 77.6 cm³/mol. The van der Waals surface area contributed by atoms with E-state index in [-0.39, 0.29) is 5.82 Å². The Morgan fingerprint density at radius 3 is 2.67 bits per heavy atom. The number of halogens is 3. The third kappa shape index (κ3) is 3.47. The van der Waals surface area contributed by atoms with Crippen LogP contribution in [-0.4, -0.2) is 0 Å². The van der Waals surface area contributed by atoms with Gasteiger partial charge in [0.1, 0.15) is 5.82 Å². The molecule has 0 amide bonds. The molecule has 1 nitrogen and oxygen atoms in total. The number of anilines is 1. The van der Waals surface area contributed by atoms with Crippen LogP contribution in [0, 0.1) is 12.7 Å². The first-order valence-corrected chi connectivity index (χ1v) is 6.67. The monoisotopic (exact) mass is 327 g/mol. The maximum Gasteiger partial charge on any atom is 0.125 e. The molecule has 0 unspecified atom stereocenters. The molecule has 94 valence electrons. The lowest BCUT2D eigenvalue weighted by molar-refractivity contribution is 0.627. The van der Waals surface area contributed by atoms with Crippen molar-refractivity contribution in [3.8, 4) is 0 Å². The quantitative estimate of drug-likeness (QED) is 0.820. The first-order chi connectivity index (χ1) is 8.54. The molecule has 0 atom stereocenters. The first kappa shape index (κ1) is 13.4. The van der Waals surface area contributed by atoms with Crippen LogP contribution in [0.1, 0.15) is 11.1 Å². The van der Waals surface area contributed by atoms with E-state index in [1.165, 1.54) is 12.1 Å². The van der Waals surface area contributed by atoms with Gasteiger partial charge in [-0.3, -0.25) is 0 Å². The van der Waals surface area contributed by atoms with Crippen LogP contribution in [0.25, 0.3) is 0 Å². The molecule has 0 saturated carbocycles. The van der Waals surface area contributed by atoms with E-state index >= 15 is 0 Å². The SMILES string of the molecule is Cc1cc(F)cc(NCc2ccc(Br)c(Cl)c2)c1. The average Bonchev–Trinajstić information content (AvgIpc) is 2.29. The third-order valence-corrected chi connectivity index (χ3v) is 3.76. The Hall–Kier alpha value is -1.06. The molecule has 2 aromatic carbocycles. The smallest absolute Gasteiger partial charge is 0.125 e. The van der Waals surface area contributed by atoms with Crippen molar-refractivity contribution < 1.29 is 4.39 Å². The molecular formula is C14H12BrClFN. The van der Waals surface area contributed by atoms with E-state index in [9.17, 15) is 4.39 Å². The second-order valence-electron chi connectivity index (χ2n) is 4.12. The molecule has 4 heteroatoms. The van der Waals surface area contributed by atoms with Crippen LogP contribution in [0.4, 0.5) is 10.1 Å². The van der Waals surface area contributed by atoms with Crippen LogP contribution in [0.5, 0.6) is 0 Å². The van der Waals surface area contributed by atoms with Gasteiger partial charge < -0.3 is 5.32 Å². The lowest BCUT2D eigenvalue weighted by Gasteiger charge is -2.08. The molecule has 0 aromatic heterocycles. The van der Waals surface area contributed by atoms with E-state index in [0.29, 0.717) is 11.6 Å². The molecule has 0 spiro atoms. The Balaban J connectivity index is 2.08. The standard InChI is InChI=1S/C14H12BrClFN/c1-9-4-11(17)7-12(5-9)18-8-10-2-3-13(15)14(16)6-10/h2-7,18H,8H2,1H3. The predicted octanol–water partition coefficient (Wildman–Crippen LogP) is 5.16. The zero-order valence-corrected chi connectivity index (χ0v) is 12.1. The van der Waals surface area contributed by atoms with Crippen molar-refractivity contribution >= 4 is 33.2 Å². The topological polar surface area (TPSA) is 12.0 Å². The Labute approximate surface area is 119 Å². The lowest BCUT2D eigenvalue weighted by Crippen LogP contribution is -2.00. The van der Waals surface area contributed by atoms with Crippen molar-refractivity contribution in [1.82, 2.24) is 0 Å². The van der Waals surface area contributed by atoms with Crippen LogP contribution >= 0.6 is 27.5 Å². The molecule has 0 heterocycles. The summed E-state index contributed by atoms with van der Waals surface area (Å²) in [4.78, 5) is 0. The highest BCUT2D eigenvalue weighted by Crippen LogP contribution is 2.23. The number of hydrogen-bond acceptors (Lipinski definition) is 1. The zero-order valence-electron chi connectivity index (χ0n) is 9.81. The van der Waals surface area contributed by atoms with Crippen molar-refractivity contribution in [1.29, 1.82) is 0 Å². The molecule has 18 heavy (non-hydrogen) atoms. The number of nitrogens with one attached hydrogen (secondary N) is 1. The van der Waals surface area contributed by atoms with Gasteiger partial charge in [-0.1, -0.05) is 17.7 Å². The minimum absolute atomic E-state index is 0.230. The first-order valence-electron chi connectivity index (χ1n) is 5.49. The van der Waals surface area contributed by atoms with E-state index in [4.69, 9.17) is 11.6 Å². The summed E-state index contributed by atoms with van der Waals surface area (Å²) in [5, 5.41) is 3.85. The molecule has 0 aliphatic carbocycles. The van der Waals surface area contributed by atoms with Gasteiger partial charge in [-0.15, -0.1) is 0 Å². The van der Waals surface area contributed by atoms with Gasteiger partial charge in [0, 0.05) is 16.7 Å². The molecule has 2 rings (SSSR count). The summed E-state index contributed by atoms with van der Waals surface area (Å²) in [5.41, 5.74) is 2.71. The molecule has 0 radical (unpaired) electrons. The summed E-state index contributed by atoms with van der Waals surface area (Å²) < 4.78 is 14.1. The zero-order chi connectivity index (χ0) is 13.1. The van der Waals surface area contributed by atoms with Gasteiger partial charge in [0.25, 0.3) is 0 Å². The summed E-state index contributed by atoms with van der Waals surface area (Å²) >= 11 is 9.35. The highest BCUT2D eigenvalue weighted by atomic mass is 79.9. The fourth-order valence-electron chi connectivity index (χ4n) is 1.69. The molecular weight excluding hydrogens is 317 g/mol. The summed E-state index contributed by atoms with van der Waals surface area (Å²) in [5.74, 6) is -0.230. The minimum atomic E-state index is -0.230. The van der Waals surface area contributed by atoms with E-state index in [0.717, 1.165) is 21.3 Å². The highest BCUT2D eigenvalue weighted by molar-refractivity contribution is 9.10. The van der Waals surface area contributed by atoms with E-state index in [1.54, 1.807) is 0 Å². The van der Waals surface area contributed by atoms with Gasteiger partial charge in [-0.05, 0) is 64.3 Å². The molecule has 0 aliphatic rings. The number of hydrogen-bond donors (Lipinski definition) is 1. The summed E-state index contributed by atoms with van der Waals surface area (Å²) in [7, 11) is 0. The number of benzene rings is 2. The van der Waals surface area contributed by atoms with Crippen molar-refractivity contribution in [2.45, 2.75) is 13.5 Å². The van der Waals surface area contributed by atoms with Crippen LogP contribution in [0.15, 0.2) is 40.9 Å². The largest absolute Gasteiger partial charge is 0.381 e. The Bertz CT molecular complexity index is 551. The fourth-order valence-corrected chi connectivity index (χ4v) is 2.14. The van der Waals surface area contributed by atoms with Crippen LogP contribution in [0.2, 0.25) is 5.02 Å². The van der Waals surface area contributed by atoms with Crippen molar-refractivity contribution in [2.75, 3.05) is 5.32 Å². The van der Waals surface area contributed by atoms with Gasteiger partial charge in [-0.2, -0.15) is 0 Å². The van der Waals surface area contributed by atoms with Crippen molar-refractivity contribution in [3.05, 3.63) is 62.8 Å². The van der Waals surface area contributed by atoms with Crippen LogP contribution < -0.4 is 5.32 Å². The lowest BCUT2D eigenvalue weighted by atomic mass is 10.2. The molecule has 0 aliphatic heterocycles. The van der Waals surface area contributed by atoms with Gasteiger partial charge in [-0.25, -0.2) is 4.39 Å². The van der Waals surface area contributed by atoms with Gasteiger partial charge in [0.2, 0.25) is 0 Å². The Kier molecular flexibility index (Phi) is 4.25. The van der Waals surface area contributed by atoms with E-state index in [1.807, 2.05) is 31.2 Å². The van der Waals surface area contributed by atoms with E-state index in [2.05, 4.69) is 21.2 Å². The molecule has 0 fully saturated rings. The molecule has 0 bridgehead atoms. The number of aryl methyl sites for hydroxylation is 1. The normalized spacial score (nSPS) is 10.4. The van der Waals surface area contributed by atoms with Crippen molar-refractivity contribution in [3.63, 3.8) is 0 Å². The fraction of sp³-hybridized carbons (Fsp3) is 0.143. The van der Waals surface area contributed by atoms with Crippen molar-refractivity contribution in [2.24, 2.45) is 0 Å². The van der Waals surface area contributed by atoms with Gasteiger partial charge in [0.05, 0.1) is 5.02 Å². The van der Waals surface area contributed by atoms with Gasteiger partial charge in [0.15, 0.2) is 0 Å². The minimum Gasteiger partial charge on any atom is -0.381 e. The number of rotatable bonds is 3. The van der Waals surface area contributed by atoms with Crippen LogP contribution in [-0.2, 0) is 6.54 Å². The highest BCUT2D eigenvalue weighted by Gasteiger charge is 2.01.